The Morgan fingerprint density at radius 2 is 1.87 bits per heavy atom. The lowest BCUT2D eigenvalue weighted by molar-refractivity contribution is -0.123. The number of amides is 1. The van der Waals surface area contributed by atoms with E-state index in [1.807, 2.05) is 37.3 Å². The highest BCUT2D eigenvalue weighted by Crippen LogP contribution is 2.38. The molecule has 0 atom stereocenters. The fourth-order valence-corrected chi connectivity index (χ4v) is 5.56. The van der Waals surface area contributed by atoms with Gasteiger partial charge < -0.3 is 9.16 Å². The first-order valence-corrected chi connectivity index (χ1v) is 16.9. The van der Waals surface area contributed by atoms with E-state index in [4.69, 9.17) is 20.8 Å². The first-order chi connectivity index (χ1) is 17.8. The number of hydrogen-bond donors (Lipinski definition) is 0. The van der Waals surface area contributed by atoms with Crippen molar-refractivity contribution in [2.45, 2.75) is 59.2 Å². The van der Waals surface area contributed by atoms with Gasteiger partial charge in [0.1, 0.15) is 12.4 Å². The maximum absolute atomic E-state index is 13.4. The molecule has 1 saturated heterocycles. The Labute approximate surface area is 236 Å². The Balaban J connectivity index is 1.71. The van der Waals surface area contributed by atoms with Crippen LogP contribution in [-0.2, 0) is 14.0 Å². The summed E-state index contributed by atoms with van der Waals surface area (Å²) in [7, 11) is -2.01. The number of carbonyl (C=O) groups excluding carboxylic acids is 2. The number of aryl methyl sites for hydroxylation is 1. The number of carbonyl (C=O) groups is 2. The van der Waals surface area contributed by atoms with E-state index in [-0.39, 0.29) is 29.9 Å². The molecule has 1 heterocycles. The van der Waals surface area contributed by atoms with Gasteiger partial charge in [0.05, 0.1) is 22.2 Å². The molecular weight excluding hydrogens is 536 g/mol. The molecule has 0 unspecified atom stereocenters. The fraction of sp³-hybridized carbons (Fsp3) is 0.414. The molecule has 204 valence electrons. The topological polar surface area (TPSA) is 68.2 Å². The van der Waals surface area contributed by atoms with Gasteiger partial charge in [0, 0.05) is 6.54 Å². The normalized spacial score (nSPS) is 16.5. The first kappa shape index (κ1) is 30.2. The van der Waals surface area contributed by atoms with Crippen molar-refractivity contribution < 1.29 is 18.8 Å². The van der Waals surface area contributed by atoms with Gasteiger partial charge >= 0.3 is 0 Å². The molecule has 1 amide bonds. The molecule has 0 spiro atoms. The summed E-state index contributed by atoms with van der Waals surface area (Å²) in [4.78, 5) is 32.7. The molecule has 0 radical (unpaired) electrons. The number of halogens is 1. The average Bonchev–Trinajstić information content (AvgIpc) is 3.15. The summed E-state index contributed by atoms with van der Waals surface area (Å²) >= 11 is 7.83. The Kier molecular flexibility index (Phi) is 10.0. The number of ether oxygens (including phenoxy) is 1. The molecule has 1 aliphatic rings. The van der Waals surface area contributed by atoms with E-state index in [9.17, 15) is 9.59 Å². The van der Waals surface area contributed by atoms with Crippen LogP contribution in [0.4, 0.5) is 5.69 Å². The second-order valence-electron chi connectivity index (χ2n) is 10.8. The third-order valence-corrected chi connectivity index (χ3v) is 12.5. The molecule has 0 saturated carbocycles. The van der Waals surface area contributed by atoms with Gasteiger partial charge in [-0.15, -0.1) is 0 Å². The van der Waals surface area contributed by atoms with Gasteiger partial charge in [0.15, 0.2) is 19.3 Å². The van der Waals surface area contributed by atoms with E-state index < -0.39 is 8.32 Å². The third-order valence-electron chi connectivity index (χ3n) is 6.68. The molecule has 9 heteroatoms. The van der Waals surface area contributed by atoms with E-state index in [0.29, 0.717) is 27.4 Å². The highest BCUT2D eigenvalue weighted by atomic mass is 35.5. The summed E-state index contributed by atoms with van der Waals surface area (Å²) in [5.74, 6) is 0.148. The van der Waals surface area contributed by atoms with E-state index >= 15 is 0 Å². The number of amidine groups is 1. The lowest BCUT2D eigenvalue weighted by atomic mass is 10.1. The van der Waals surface area contributed by atoms with Crippen LogP contribution >= 0.6 is 23.4 Å². The number of ketones is 1. The molecule has 0 N–H and O–H groups in total. The first-order valence-electron chi connectivity index (χ1n) is 12.8. The number of Topliss-reactive ketones (excluding diaryl/α,β-unsaturated/α-hetero) is 1. The second-order valence-corrected chi connectivity index (χ2v) is 17.0. The Bertz CT molecular complexity index is 1250. The van der Waals surface area contributed by atoms with E-state index in [0.717, 1.165) is 23.2 Å². The van der Waals surface area contributed by atoms with Crippen LogP contribution in [0.15, 0.2) is 52.4 Å². The molecular formula is C29H37ClN2O4SSi. The number of anilines is 1. The zero-order valence-electron chi connectivity index (χ0n) is 23.3. The number of hydrogen-bond acceptors (Lipinski definition) is 6. The predicted molar refractivity (Wildman–Crippen MR) is 162 cm³/mol. The molecule has 1 fully saturated rings. The molecule has 6 nitrogen and oxygen atoms in total. The smallest absolute Gasteiger partial charge is 0.271 e. The Hall–Kier alpha value is -2.39. The second kappa shape index (κ2) is 12.6. The summed E-state index contributed by atoms with van der Waals surface area (Å²) in [5.41, 5.74) is 2.58. The number of nitrogens with zero attached hydrogens (tertiary/aromatic N) is 2. The van der Waals surface area contributed by atoms with Crippen molar-refractivity contribution >= 4 is 60.3 Å². The van der Waals surface area contributed by atoms with Crippen molar-refractivity contribution in [1.82, 2.24) is 0 Å². The van der Waals surface area contributed by atoms with Gasteiger partial charge in [0.25, 0.3) is 5.91 Å². The summed E-state index contributed by atoms with van der Waals surface area (Å²) in [6.45, 7) is 15.2. The maximum atomic E-state index is 13.4. The van der Waals surface area contributed by atoms with Gasteiger partial charge in [0.2, 0.25) is 0 Å². The van der Waals surface area contributed by atoms with Crippen LogP contribution < -0.4 is 9.64 Å². The van der Waals surface area contributed by atoms with E-state index in [1.165, 1.54) is 11.8 Å². The van der Waals surface area contributed by atoms with Crippen molar-refractivity contribution in [1.29, 1.82) is 0 Å². The van der Waals surface area contributed by atoms with Gasteiger partial charge in [-0.2, -0.15) is 0 Å². The fourth-order valence-electron chi connectivity index (χ4n) is 3.37. The van der Waals surface area contributed by atoms with Crippen molar-refractivity contribution in [3.8, 4) is 5.75 Å². The van der Waals surface area contributed by atoms with Crippen LogP contribution in [-0.4, -0.2) is 44.9 Å². The lowest BCUT2D eigenvalue weighted by Crippen LogP contribution is -2.42. The standard InChI is InChI=1S/C29H37ClN2O4SSi/c1-8-15-31-28-32(24-12-10-9-11-20(24)2)27(34)26(37-28)17-21-13-14-25(23(30)16-21)35-18-22(33)19-36-38(6,7)29(3,4)5/h9-14,16-17H,8,15,18-19H2,1-7H3/b26-17?,31-28-. The summed E-state index contributed by atoms with van der Waals surface area (Å²) in [6, 6.07) is 13.0. The van der Waals surface area contributed by atoms with Gasteiger partial charge in [-0.3, -0.25) is 19.5 Å². The lowest BCUT2D eigenvalue weighted by Gasteiger charge is -2.35. The van der Waals surface area contributed by atoms with Gasteiger partial charge in [-0.05, 0) is 78.6 Å². The predicted octanol–water partition coefficient (Wildman–Crippen LogP) is 7.51. The molecule has 3 rings (SSSR count). The Morgan fingerprint density at radius 3 is 2.50 bits per heavy atom. The molecule has 38 heavy (non-hydrogen) atoms. The van der Waals surface area contributed by atoms with Crippen molar-refractivity contribution in [3.63, 3.8) is 0 Å². The highest BCUT2D eigenvalue weighted by molar-refractivity contribution is 8.19. The van der Waals surface area contributed by atoms with Crippen LogP contribution in [0, 0.1) is 6.92 Å². The summed E-state index contributed by atoms with van der Waals surface area (Å²) < 4.78 is 11.7. The van der Waals surface area contributed by atoms with E-state index in [1.54, 1.807) is 23.1 Å². The number of thioether (sulfide) groups is 1. The van der Waals surface area contributed by atoms with Crippen molar-refractivity contribution in [3.05, 3.63) is 63.5 Å². The number of rotatable bonds is 10. The zero-order valence-corrected chi connectivity index (χ0v) is 25.8. The number of benzene rings is 2. The molecule has 1 aliphatic heterocycles. The van der Waals surface area contributed by atoms with Crippen LogP contribution in [0.5, 0.6) is 5.75 Å². The van der Waals surface area contributed by atoms with Crippen LogP contribution in [0.1, 0.15) is 45.2 Å². The highest BCUT2D eigenvalue weighted by Gasteiger charge is 2.37. The van der Waals surface area contributed by atoms with Crippen LogP contribution in [0.3, 0.4) is 0 Å². The molecule has 0 aliphatic carbocycles. The average molecular weight is 573 g/mol. The largest absolute Gasteiger partial charge is 0.484 e. The van der Waals surface area contributed by atoms with Crippen molar-refractivity contribution in [2.24, 2.45) is 4.99 Å². The number of para-hydroxylation sites is 1. The minimum Gasteiger partial charge on any atom is -0.484 e. The van der Waals surface area contributed by atoms with Crippen LogP contribution in [0.2, 0.25) is 23.2 Å². The SMILES string of the molecule is CCC/N=C1\SC(=Cc2ccc(OCC(=O)CO[Si](C)(C)C(C)(C)C)c(Cl)c2)C(=O)N1c1ccccc1C. The minimum absolute atomic E-state index is 0.0247. The summed E-state index contributed by atoms with van der Waals surface area (Å²) in [6.07, 6.45) is 2.70. The van der Waals surface area contributed by atoms with Crippen molar-refractivity contribution in [2.75, 3.05) is 24.7 Å². The van der Waals surface area contributed by atoms with Gasteiger partial charge in [-0.25, -0.2) is 0 Å². The number of aliphatic imine (C=N–C) groups is 1. The maximum Gasteiger partial charge on any atom is 0.271 e. The van der Waals surface area contributed by atoms with Gasteiger partial charge in [-0.1, -0.05) is 63.6 Å². The third kappa shape index (κ3) is 7.37. The molecule has 0 aromatic heterocycles. The Morgan fingerprint density at radius 1 is 1.16 bits per heavy atom. The minimum atomic E-state index is -2.01. The van der Waals surface area contributed by atoms with E-state index in [2.05, 4.69) is 45.8 Å². The quantitative estimate of drug-likeness (QED) is 0.218. The van der Waals surface area contributed by atoms with Crippen LogP contribution in [0.25, 0.3) is 6.08 Å². The molecule has 2 aromatic rings. The molecule has 0 bridgehead atoms. The molecule has 2 aromatic carbocycles. The monoisotopic (exact) mass is 572 g/mol. The zero-order chi connectivity index (χ0) is 28.1. The summed E-state index contributed by atoms with van der Waals surface area (Å²) in [5, 5.41) is 1.06.